The van der Waals surface area contributed by atoms with E-state index in [4.69, 9.17) is 15.7 Å². The van der Waals surface area contributed by atoms with E-state index in [1.54, 1.807) is 13.2 Å². The second-order valence-corrected chi connectivity index (χ2v) is 3.46. The summed E-state index contributed by atoms with van der Waals surface area (Å²) in [6, 6.07) is 7.53. The molecular weight excluding hydrogens is 202 g/mol. The number of nitriles is 1. The molecule has 0 aromatic heterocycles. The van der Waals surface area contributed by atoms with Gasteiger partial charge in [0.05, 0.1) is 18.7 Å². The zero-order valence-electron chi connectivity index (χ0n) is 9.49. The van der Waals surface area contributed by atoms with E-state index in [9.17, 15) is 0 Å². The minimum atomic E-state index is 0.649. The Kier molecular flexibility index (Phi) is 5.34. The number of methoxy groups -OCH3 is 1. The van der Waals surface area contributed by atoms with Crippen LogP contribution in [0.4, 0.5) is 0 Å². The maximum Gasteiger partial charge on any atom is 0.123 e. The van der Waals surface area contributed by atoms with Gasteiger partial charge < -0.3 is 15.8 Å². The molecule has 0 amide bonds. The molecule has 0 radical (unpaired) electrons. The molecule has 1 rings (SSSR count). The van der Waals surface area contributed by atoms with Gasteiger partial charge in [0.2, 0.25) is 0 Å². The van der Waals surface area contributed by atoms with E-state index in [0.29, 0.717) is 18.7 Å². The molecule has 1 aromatic carbocycles. The minimum absolute atomic E-state index is 0.649. The van der Waals surface area contributed by atoms with Gasteiger partial charge >= 0.3 is 0 Å². The molecule has 4 nitrogen and oxygen atoms in total. The number of ether oxygens (including phenoxy) is 1. The summed E-state index contributed by atoms with van der Waals surface area (Å²) in [6.45, 7) is 2.25. The van der Waals surface area contributed by atoms with Crippen molar-refractivity contribution in [2.45, 2.75) is 13.0 Å². The first-order valence-corrected chi connectivity index (χ1v) is 5.29. The topological polar surface area (TPSA) is 71.1 Å². The fraction of sp³-hybridized carbons (Fsp3) is 0.417. The van der Waals surface area contributed by atoms with Crippen LogP contribution in [0.3, 0.4) is 0 Å². The molecule has 0 atom stereocenters. The fourth-order valence-electron chi connectivity index (χ4n) is 1.44. The van der Waals surface area contributed by atoms with E-state index >= 15 is 0 Å². The lowest BCUT2D eigenvalue weighted by Crippen LogP contribution is -2.18. The Morgan fingerprint density at radius 3 is 2.94 bits per heavy atom. The fourth-order valence-corrected chi connectivity index (χ4v) is 1.44. The van der Waals surface area contributed by atoms with Gasteiger partial charge in [-0.3, -0.25) is 0 Å². The van der Waals surface area contributed by atoms with E-state index in [1.165, 1.54) is 0 Å². The zero-order valence-corrected chi connectivity index (χ0v) is 9.49. The summed E-state index contributed by atoms with van der Waals surface area (Å²) in [7, 11) is 1.63. The van der Waals surface area contributed by atoms with Gasteiger partial charge in [-0.25, -0.2) is 0 Å². The molecule has 0 saturated heterocycles. The van der Waals surface area contributed by atoms with Crippen LogP contribution in [0.25, 0.3) is 0 Å². The van der Waals surface area contributed by atoms with Crippen LogP contribution >= 0.6 is 0 Å². The summed E-state index contributed by atoms with van der Waals surface area (Å²) in [5, 5.41) is 12.1. The second kappa shape index (κ2) is 6.83. The van der Waals surface area contributed by atoms with Crippen molar-refractivity contribution in [2.75, 3.05) is 20.2 Å². The molecule has 16 heavy (non-hydrogen) atoms. The normalized spacial score (nSPS) is 9.81. The summed E-state index contributed by atoms with van der Waals surface area (Å²) in [5.74, 6) is 0.805. The molecule has 0 aliphatic heterocycles. The SMILES string of the molecule is COc1ccc(C#N)cc1CNCCCN. The summed E-state index contributed by atoms with van der Waals surface area (Å²) in [6.07, 6.45) is 0.945. The highest BCUT2D eigenvalue weighted by atomic mass is 16.5. The van der Waals surface area contributed by atoms with Crippen molar-refractivity contribution in [1.82, 2.24) is 5.32 Å². The first-order valence-electron chi connectivity index (χ1n) is 5.29. The average Bonchev–Trinajstić information content (AvgIpc) is 2.34. The lowest BCUT2D eigenvalue weighted by atomic mass is 10.1. The molecule has 0 saturated carbocycles. The van der Waals surface area contributed by atoms with Crippen molar-refractivity contribution < 1.29 is 4.74 Å². The lowest BCUT2D eigenvalue weighted by Gasteiger charge is -2.09. The minimum Gasteiger partial charge on any atom is -0.496 e. The third-order valence-corrected chi connectivity index (χ3v) is 2.28. The first kappa shape index (κ1) is 12.5. The highest BCUT2D eigenvalue weighted by molar-refractivity contribution is 5.41. The Hall–Kier alpha value is -1.57. The van der Waals surface area contributed by atoms with Crippen molar-refractivity contribution in [2.24, 2.45) is 5.73 Å². The van der Waals surface area contributed by atoms with Crippen LogP contribution in [0.5, 0.6) is 5.75 Å². The molecule has 0 bridgehead atoms. The molecule has 0 unspecified atom stereocenters. The second-order valence-electron chi connectivity index (χ2n) is 3.46. The third-order valence-electron chi connectivity index (χ3n) is 2.28. The number of nitrogens with two attached hydrogens (primary N) is 1. The van der Waals surface area contributed by atoms with E-state index in [2.05, 4.69) is 11.4 Å². The standard InChI is InChI=1S/C12H17N3O/c1-16-12-4-3-10(8-14)7-11(12)9-15-6-2-5-13/h3-4,7,15H,2,5-6,9,13H2,1H3. The summed E-state index contributed by atoms with van der Waals surface area (Å²) in [4.78, 5) is 0. The number of nitrogens with zero attached hydrogens (tertiary/aromatic N) is 1. The van der Waals surface area contributed by atoms with Crippen LogP contribution in [-0.2, 0) is 6.54 Å². The monoisotopic (exact) mass is 219 g/mol. The highest BCUT2D eigenvalue weighted by Gasteiger charge is 2.03. The van der Waals surface area contributed by atoms with Crippen LogP contribution in [-0.4, -0.2) is 20.2 Å². The zero-order chi connectivity index (χ0) is 11.8. The van der Waals surface area contributed by atoms with Crippen LogP contribution in [0.2, 0.25) is 0 Å². The smallest absolute Gasteiger partial charge is 0.123 e. The van der Waals surface area contributed by atoms with Crippen molar-refractivity contribution in [1.29, 1.82) is 5.26 Å². The molecule has 0 fully saturated rings. The maximum atomic E-state index is 8.81. The van der Waals surface area contributed by atoms with Gasteiger partial charge in [0.15, 0.2) is 0 Å². The number of hydrogen-bond acceptors (Lipinski definition) is 4. The van der Waals surface area contributed by atoms with E-state index in [1.807, 2.05) is 12.1 Å². The number of nitrogens with one attached hydrogen (secondary N) is 1. The number of hydrogen-bond donors (Lipinski definition) is 2. The molecular formula is C12H17N3O. The van der Waals surface area contributed by atoms with Gasteiger partial charge in [-0.05, 0) is 37.7 Å². The summed E-state index contributed by atoms with van der Waals surface area (Å²) in [5.41, 5.74) is 7.05. The molecule has 0 aliphatic carbocycles. The average molecular weight is 219 g/mol. The molecule has 3 N–H and O–H groups in total. The van der Waals surface area contributed by atoms with Crippen molar-refractivity contribution in [3.05, 3.63) is 29.3 Å². The Morgan fingerprint density at radius 1 is 1.50 bits per heavy atom. The highest BCUT2D eigenvalue weighted by Crippen LogP contribution is 2.19. The number of rotatable bonds is 6. The molecule has 0 aliphatic rings. The summed E-state index contributed by atoms with van der Waals surface area (Å²) < 4.78 is 5.23. The lowest BCUT2D eigenvalue weighted by molar-refractivity contribution is 0.407. The van der Waals surface area contributed by atoms with Crippen molar-refractivity contribution in [3.63, 3.8) is 0 Å². The van der Waals surface area contributed by atoms with E-state index < -0.39 is 0 Å². The predicted octanol–water partition coefficient (Wildman–Crippen LogP) is 1.01. The van der Waals surface area contributed by atoms with Crippen LogP contribution < -0.4 is 15.8 Å². The van der Waals surface area contributed by atoms with Crippen molar-refractivity contribution >= 4 is 0 Å². The summed E-state index contributed by atoms with van der Waals surface area (Å²) >= 11 is 0. The molecule has 0 heterocycles. The Labute approximate surface area is 96.0 Å². The molecule has 0 spiro atoms. The number of benzene rings is 1. The molecule has 4 heteroatoms. The van der Waals surface area contributed by atoms with Crippen LogP contribution in [0.1, 0.15) is 17.5 Å². The Bertz CT molecular complexity index is 371. The largest absolute Gasteiger partial charge is 0.496 e. The quantitative estimate of drug-likeness (QED) is 0.700. The Morgan fingerprint density at radius 2 is 2.31 bits per heavy atom. The van der Waals surface area contributed by atoms with Gasteiger partial charge in [-0.1, -0.05) is 0 Å². The predicted molar refractivity (Wildman–Crippen MR) is 63.1 cm³/mol. The van der Waals surface area contributed by atoms with Crippen molar-refractivity contribution in [3.8, 4) is 11.8 Å². The van der Waals surface area contributed by atoms with Crippen LogP contribution in [0, 0.1) is 11.3 Å². The molecule has 86 valence electrons. The first-order chi connectivity index (χ1) is 7.81. The maximum absolute atomic E-state index is 8.81. The van der Waals surface area contributed by atoms with Gasteiger partial charge in [0.25, 0.3) is 0 Å². The van der Waals surface area contributed by atoms with Gasteiger partial charge in [0, 0.05) is 12.1 Å². The Balaban J connectivity index is 2.65. The van der Waals surface area contributed by atoms with Gasteiger partial charge in [-0.15, -0.1) is 0 Å². The van der Waals surface area contributed by atoms with E-state index in [0.717, 1.165) is 24.3 Å². The third kappa shape index (κ3) is 3.54. The van der Waals surface area contributed by atoms with Crippen LogP contribution in [0.15, 0.2) is 18.2 Å². The molecule has 1 aromatic rings. The van der Waals surface area contributed by atoms with Gasteiger partial charge in [0.1, 0.15) is 5.75 Å². The van der Waals surface area contributed by atoms with Gasteiger partial charge in [-0.2, -0.15) is 5.26 Å². The van der Waals surface area contributed by atoms with E-state index in [-0.39, 0.29) is 0 Å².